The van der Waals surface area contributed by atoms with Gasteiger partial charge >= 0.3 is 5.97 Å². The van der Waals surface area contributed by atoms with Gasteiger partial charge in [-0.3, -0.25) is 0 Å². The van der Waals surface area contributed by atoms with E-state index in [0.29, 0.717) is 5.57 Å². The summed E-state index contributed by atoms with van der Waals surface area (Å²) >= 11 is 0. The van der Waals surface area contributed by atoms with E-state index >= 15 is 0 Å². The number of hydrogen-bond donors (Lipinski definition) is 1. The molecule has 0 aliphatic heterocycles. The number of rotatable bonds is 3. The highest BCUT2D eigenvalue weighted by molar-refractivity contribution is 6.29. The second kappa shape index (κ2) is 5.96. The van der Waals surface area contributed by atoms with Crippen LogP contribution in [0.2, 0.25) is 0 Å². The summed E-state index contributed by atoms with van der Waals surface area (Å²) in [6.07, 6.45) is 1.74. The molecule has 0 saturated carbocycles. The number of carbonyl (C=O) groups is 1. The van der Waals surface area contributed by atoms with Gasteiger partial charge in [-0.05, 0) is 49.5 Å². The second-order valence-electron chi connectivity index (χ2n) is 6.74. The molecule has 0 atom stereocenters. The summed E-state index contributed by atoms with van der Waals surface area (Å²) in [4.78, 5) is 12.1. The molecule has 1 N–H and O–H groups in total. The van der Waals surface area contributed by atoms with Crippen LogP contribution in [0.5, 0.6) is 0 Å². The van der Waals surface area contributed by atoms with E-state index in [0.717, 1.165) is 27.3 Å². The molecule has 5 aromatic carbocycles. The van der Waals surface area contributed by atoms with Gasteiger partial charge in [0.25, 0.3) is 0 Å². The third-order valence-electron chi connectivity index (χ3n) is 5.16. The molecule has 5 aromatic rings. The number of hydrogen-bond acceptors (Lipinski definition) is 1. The fourth-order valence-corrected chi connectivity index (χ4v) is 3.94. The summed E-state index contributed by atoms with van der Waals surface area (Å²) in [7, 11) is 0. The Labute approximate surface area is 156 Å². The van der Waals surface area contributed by atoms with E-state index in [1.807, 2.05) is 48.5 Å². The fourth-order valence-electron chi connectivity index (χ4n) is 3.94. The monoisotopic (exact) mass is 348 g/mol. The van der Waals surface area contributed by atoms with E-state index in [1.165, 1.54) is 16.2 Å². The van der Waals surface area contributed by atoms with Gasteiger partial charge in [0, 0.05) is 0 Å². The summed E-state index contributed by atoms with van der Waals surface area (Å²) in [5.41, 5.74) is 1.93. The number of aliphatic carboxylic acids is 1. The molecule has 0 aromatic heterocycles. The first-order chi connectivity index (χ1) is 13.2. The van der Waals surface area contributed by atoms with Crippen molar-refractivity contribution in [2.45, 2.75) is 0 Å². The maximum atomic E-state index is 12.1. The van der Waals surface area contributed by atoms with E-state index in [-0.39, 0.29) is 0 Å². The van der Waals surface area contributed by atoms with Crippen molar-refractivity contribution in [3.8, 4) is 0 Å². The summed E-state index contributed by atoms with van der Waals surface area (Å²) in [6, 6.07) is 28.1. The van der Waals surface area contributed by atoms with Gasteiger partial charge in [0.1, 0.15) is 0 Å². The van der Waals surface area contributed by atoms with Crippen LogP contribution < -0.4 is 0 Å². The summed E-state index contributed by atoms with van der Waals surface area (Å²) < 4.78 is 0. The van der Waals surface area contributed by atoms with Crippen molar-refractivity contribution in [1.29, 1.82) is 0 Å². The highest BCUT2D eigenvalue weighted by Crippen LogP contribution is 2.38. The van der Waals surface area contributed by atoms with E-state index in [4.69, 9.17) is 0 Å². The average molecular weight is 348 g/mol. The Morgan fingerprint density at radius 1 is 0.667 bits per heavy atom. The van der Waals surface area contributed by atoms with Crippen LogP contribution in [0.15, 0.2) is 84.9 Å². The van der Waals surface area contributed by atoms with Crippen molar-refractivity contribution >= 4 is 49.9 Å². The zero-order chi connectivity index (χ0) is 18.4. The van der Waals surface area contributed by atoms with Crippen molar-refractivity contribution < 1.29 is 9.90 Å². The summed E-state index contributed by atoms with van der Waals surface area (Å²) in [6.45, 7) is 0. The highest BCUT2D eigenvalue weighted by Gasteiger charge is 2.17. The third kappa shape index (κ3) is 2.46. The van der Waals surface area contributed by atoms with Gasteiger partial charge in [0.05, 0.1) is 5.57 Å². The zero-order valence-electron chi connectivity index (χ0n) is 14.5. The molecule has 5 rings (SSSR count). The maximum Gasteiger partial charge on any atom is 0.336 e. The first-order valence-corrected chi connectivity index (χ1v) is 8.89. The lowest BCUT2D eigenvalue weighted by atomic mass is 9.89. The lowest BCUT2D eigenvalue weighted by Gasteiger charge is -2.14. The van der Waals surface area contributed by atoms with E-state index < -0.39 is 5.97 Å². The zero-order valence-corrected chi connectivity index (χ0v) is 14.5. The fraction of sp³-hybridized carbons (Fsp3) is 0. The van der Waals surface area contributed by atoms with Crippen LogP contribution in [0.4, 0.5) is 0 Å². The molecule has 0 aliphatic rings. The average Bonchev–Trinajstić information content (AvgIpc) is 2.71. The van der Waals surface area contributed by atoms with Gasteiger partial charge in [-0.25, -0.2) is 4.79 Å². The van der Waals surface area contributed by atoms with Crippen LogP contribution in [-0.4, -0.2) is 11.1 Å². The lowest BCUT2D eigenvalue weighted by Crippen LogP contribution is -2.01. The smallest absolute Gasteiger partial charge is 0.336 e. The molecular weight excluding hydrogens is 332 g/mol. The Bertz CT molecular complexity index is 1310. The summed E-state index contributed by atoms with van der Waals surface area (Å²) in [5.74, 6) is -0.922. The largest absolute Gasteiger partial charge is 0.478 e. The lowest BCUT2D eigenvalue weighted by molar-refractivity contribution is -0.130. The Balaban J connectivity index is 1.87. The standard InChI is InChI=1S/C25H16O2/c26-25(27)22(15-16-5-2-1-3-6-16)20-13-11-19-10-9-17-7-4-8-18-12-14-21(20)24(19)23(17)18/h1-15H,(H,26,27). The van der Waals surface area contributed by atoms with Crippen LogP contribution in [0, 0.1) is 0 Å². The maximum absolute atomic E-state index is 12.1. The van der Waals surface area contributed by atoms with Crippen molar-refractivity contribution in [2.75, 3.05) is 0 Å². The molecule has 2 heteroatoms. The Kier molecular flexibility index (Phi) is 3.44. The van der Waals surface area contributed by atoms with Gasteiger partial charge in [-0.15, -0.1) is 0 Å². The predicted molar refractivity (Wildman–Crippen MR) is 112 cm³/mol. The molecular formula is C25H16O2. The summed E-state index contributed by atoms with van der Waals surface area (Å²) in [5, 5.41) is 16.7. The van der Waals surface area contributed by atoms with E-state index in [2.05, 4.69) is 36.4 Å². The van der Waals surface area contributed by atoms with Crippen LogP contribution in [0.3, 0.4) is 0 Å². The Morgan fingerprint density at radius 3 is 2.00 bits per heavy atom. The van der Waals surface area contributed by atoms with Gasteiger partial charge in [-0.1, -0.05) is 84.9 Å². The van der Waals surface area contributed by atoms with Gasteiger partial charge in [0.2, 0.25) is 0 Å². The molecule has 0 spiro atoms. The Hall–Kier alpha value is -3.65. The Morgan fingerprint density at radius 2 is 1.30 bits per heavy atom. The molecule has 0 bridgehead atoms. The minimum atomic E-state index is -0.922. The van der Waals surface area contributed by atoms with Crippen LogP contribution in [-0.2, 0) is 4.79 Å². The van der Waals surface area contributed by atoms with Crippen molar-refractivity contribution in [3.63, 3.8) is 0 Å². The van der Waals surface area contributed by atoms with Crippen LogP contribution >= 0.6 is 0 Å². The van der Waals surface area contributed by atoms with E-state index in [1.54, 1.807) is 6.08 Å². The molecule has 0 unspecified atom stereocenters. The molecule has 128 valence electrons. The first kappa shape index (κ1) is 15.6. The van der Waals surface area contributed by atoms with Crippen molar-refractivity contribution in [2.24, 2.45) is 0 Å². The molecule has 27 heavy (non-hydrogen) atoms. The first-order valence-electron chi connectivity index (χ1n) is 8.89. The topological polar surface area (TPSA) is 37.3 Å². The molecule has 0 radical (unpaired) electrons. The number of carboxylic acid groups (broad SMARTS) is 1. The van der Waals surface area contributed by atoms with Crippen molar-refractivity contribution in [1.82, 2.24) is 0 Å². The normalized spacial score (nSPS) is 12.2. The predicted octanol–water partition coefficient (Wildman–Crippen LogP) is 6.21. The van der Waals surface area contributed by atoms with E-state index in [9.17, 15) is 9.90 Å². The van der Waals surface area contributed by atoms with Gasteiger partial charge < -0.3 is 5.11 Å². The molecule has 0 aliphatic carbocycles. The minimum Gasteiger partial charge on any atom is -0.478 e. The molecule has 0 heterocycles. The number of benzene rings is 5. The molecule has 0 saturated heterocycles. The third-order valence-corrected chi connectivity index (χ3v) is 5.16. The molecule has 0 amide bonds. The quantitative estimate of drug-likeness (QED) is 0.239. The molecule has 0 fully saturated rings. The minimum absolute atomic E-state index is 0.305. The van der Waals surface area contributed by atoms with Crippen LogP contribution in [0.25, 0.3) is 44.0 Å². The SMILES string of the molecule is O=C(O)C(=Cc1ccccc1)c1ccc2ccc3cccc4ccc1c2c34. The number of carboxylic acids is 1. The highest BCUT2D eigenvalue weighted by atomic mass is 16.4. The van der Waals surface area contributed by atoms with Crippen molar-refractivity contribution in [3.05, 3.63) is 96.1 Å². The van der Waals surface area contributed by atoms with Gasteiger partial charge in [-0.2, -0.15) is 0 Å². The van der Waals surface area contributed by atoms with Gasteiger partial charge in [0.15, 0.2) is 0 Å². The molecule has 2 nitrogen and oxygen atoms in total. The second-order valence-corrected chi connectivity index (χ2v) is 6.74. The van der Waals surface area contributed by atoms with Crippen LogP contribution in [0.1, 0.15) is 11.1 Å².